The third-order valence-electron chi connectivity index (χ3n) is 0.478. The van der Waals surface area contributed by atoms with Crippen molar-refractivity contribution in [1.29, 1.82) is 0 Å². The minimum Gasteiger partial charge on any atom is -1.00 e. The smallest absolute Gasteiger partial charge is 1.00 e. The van der Waals surface area contributed by atoms with Gasteiger partial charge in [-0.25, -0.2) is 9.97 Å². The summed E-state index contributed by atoms with van der Waals surface area (Å²) in [7, 11) is 0. The van der Waals surface area contributed by atoms with Gasteiger partial charge in [-0.05, 0) is 6.07 Å². The van der Waals surface area contributed by atoms with Gasteiger partial charge in [-0.15, -0.1) is 0 Å². The molecule has 3 N–H and O–H groups in total. The topological polar surface area (TPSA) is 94.6 Å². The van der Waals surface area contributed by atoms with Crippen LogP contribution < -0.4 is 0 Å². The standard InChI is InChI=1S/C4H4N2.C2H4O2.Mg.H2O.2H/c1-2-5-4-6-3-1;1-2(3)4;;;;/h1-4H;1H3,(H,3,4);;1H2;;/q;;+2;;2*-1. The summed E-state index contributed by atoms with van der Waals surface area (Å²) in [6, 6.07) is 1.78. The van der Waals surface area contributed by atoms with Gasteiger partial charge < -0.3 is 13.4 Å². The summed E-state index contributed by atoms with van der Waals surface area (Å²) in [4.78, 5) is 16.3. The van der Waals surface area contributed by atoms with Gasteiger partial charge in [0.25, 0.3) is 5.97 Å². The molecule has 1 aromatic rings. The molecule has 0 aliphatic rings. The number of carbonyl (C=O) groups is 1. The van der Waals surface area contributed by atoms with Crippen LogP contribution in [0.5, 0.6) is 0 Å². The molecule has 0 saturated heterocycles. The summed E-state index contributed by atoms with van der Waals surface area (Å²) in [6.45, 7) is 1.08. The molecular weight excluding hydrogens is 172 g/mol. The van der Waals surface area contributed by atoms with Gasteiger partial charge in [-0.2, -0.15) is 0 Å². The minimum absolute atomic E-state index is 0. The van der Waals surface area contributed by atoms with E-state index in [-0.39, 0.29) is 31.4 Å². The average molecular weight is 184 g/mol. The average Bonchev–Trinajstić information content (AvgIpc) is 1.90. The van der Waals surface area contributed by atoms with E-state index >= 15 is 0 Å². The van der Waals surface area contributed by atoms with E-state index in [0.29, 0.717) is 0 Å². The molecule has 0 unspecified atom stereocenters. The number of carboxylic acids is 1. The van der Waals surface area contributed by atoms with Gasteiger partial charge >= 0.3 is 23.1 Å². The molecule has 0 aliphatic carbocycles. The number of carboxylic acid groups (broad SMARTS) is 1. The summed E-state index contributed by atoms with van der Waals surface area (Å²) in [5.74, 6) is -0.833. The summed E-state index contributed by atoms with van der Waals surface area (Å²) >= 11 is 0. The second-order valence-corrected chi connectivity index (χ2v) is 1.42. The Labute approximate surface area is 89.3 Å². The largest absolute Gasteiger partial charge is 2.00 e. The zero-order valence-electron chi connectivity index (χ0n) is 8.77. The van der Waals surface area contributed by atoms with Crippen LogP contribution in [0.4, 0.5) is 0 Å². The van der Waals surface area contributed by atoms with Crippen molar-refractivity contribution in [1.82, 2.24) is 9.97 Å². The Morgan fingerprint density at radius 2 is 1.75 bits per heavy atom. The van der Waals surface area contributed by atoms with Crippen molar-refractivity contribution in [2.75, 3.05) is 0 Å². The molecular formula is C6H12MgN2O3. The maximum atomic E-state index is 9.00. The fourth-order valence-corrected chi connectivity index (χ4v) is 0.253. The third kappa shape index (κ3) is 22.8. The number of nitrogens with zero attached hydrogens (tertiary/aromatic N) is 2. The Kier molecular flexibility index (Phi) is 18.7. The molecule has 0 aliphatic heterocycles. The van der Waals surface area contributed by atoms with Crippen LogP contribution in [0.2, 0.25) is 0 Å². The van der Waals surface area contributed by atoms with Crippen LogP contribution >= 0.6 is 0 Å². The molecule has 6 heteroatoms. The molecule has 0 amide bonds. The molecule has 1 aromatic heterocycles. The monoisotopic (exact) mass is 184 g/mol. The SMILES string of the molecule is CC(=O)O.O.[H-].[H-].[Mg+2].c1cncnc1. The second-order valence-electron chi connectivity index (χ2n) is 1.42. The Morgan fingerprint density at radius 1 is 1.42 bits per heavy atom. The molecule has 0 radical (unpaired) electrons. The van der Waals surface area contributed by atoms with E-state index in [1.54, 1.807) is 18.5 Å². The van der Waals surface area contributed by atoms with Crippen LogP contribution in [-0.4, -0.2) is 49.6 Å². The van der Waals surface area contributed by atoms with Crippen LogP contribution in [0.3, 0.4) is 0 Å². The minimum atomic E-state index is -0.833. The fourth-order valence-electron chi connectivity index (χ4n) is 0.253. The Morgan fingerprint density at radius 3 is 1.83 bits per heavy atom. The first-order valence-corrected chi connectivity index (χ1v) is 2.63. The van der Waals surface area contributed by atoms with Gasteiger partial charge in [0.05, 0.1) is 0 Å². The maximum absolute atomic E-state index is 9.00. The number of hydrogen-bond acceptors (Lipinski definition) is 3. The fraction of sp³-hybridized carbons (Fsp3) is 0.167. The maximum Gasteiger partial charge on any atom is 2.00 e. The quantitative estimate of drug-likeness (QED) is 0.555. The van der Waals surface area contributed by atoms with E-state index in [2.05, 4.69) is 9.97 Å². The Bertz CT molecular complexity index is 161. The molecule has 1 heterocycles. The first-order valence-electron chi connectivity index (χ1n) is 2.63. The van der Waals surface area contributed by atoms with E-state index in [1.807, 2.05) is 0 Å². The molecule has 0 fully saturated rings. The third-order valence-corrected chi connectivity index (χ3v) is 0.478. The number of aromatic nitrogens is 2. The van der Waals surface area contributed by atoms with Crippen molar-refractivity contribution in [3.63, 3.8) is 0 Å². The molecule has 0 atom stereocenters. The number of aliphatic carboxylic acids is 1. The Hall–Kier alpha value is -0.724. The van der Waals surface area contributed by atoms with Crippen LogP contribution in [0.25, 0.3) is 0 Å². The molecule has 12 heavy (non-hydrogen) atoms. The van der Waals surface area contributed by atoms with Crippen LogP contribution in [-0.2, 0) is 4.79 Å². The molecule has 66 valence electrons. The summed E-state index contributed by atoms with van der Waals surface area (Å²) in [6.07, 6.45) is 4.88. The zero-order valence-corrected chi connectivity index (χ0v) is 8.18. The normalized spacial score (nSPS) is 6.08. The number of rotatable bonds is 0. The van der Waals surface area contributed by atoms with Gasteiger partial charge in [-0.3, -0.25) is 4.79 Å². The first-order chi connectivity index (χ1) is 4.73. The van der Waals surface area contributed by atoms with Gasteiger partial charge in [0.1, 0.15) is 6.33 Å². The van der Waals surface area contributed by atoms with Crippen molar-refractivity contribution in [3.8, 4) is 0 Å². The van der Waals surface area contributed by atoms with Crippen molar-refractivity contribution in [2.45, 2.75) is 6.92 Å². The van der Waals surface area contributed by atoms with E-state index < -0.39 is 5.97 Å². The summed E-state index contributed by atoms with van der Waals surface area (Å²) in [5.41, 5.74) is 0. The molecule has 5 nitrogen and oxygen atoms in total. The summed E-state index contributed by atoms with van der Waals surface area (Å²) in [5, 5.41) is 7.42. The zero-order chi connectivity index (χ0) is 7.82. The van der Waals surface area contributed by atoms with Gasteiger partial charge in [0.2, 0.25) is 0 Å². The predicted octanol–water partition coefficient (Wildman–Crippen LogP) is -0.413. The van der Waals surface area contributed by atoms with Gasteiger partial charge in [0, 0.05) is 19.3 Å². The van der Waals surface area contributed by atoms with Crippen LogP contribution in [0.15, 0.2) is 24.8 Å². The van der Waals surface area contributed by atoms with Crippen molar-refractivity contribution < 1.29 is 18.2 Å². The molecule has 1 rings (SSSR count). The van der Waals surface area contributed by atoms with E-state index in [9.17, 15) is 0 Å². The first kappa shape index (κ1) is 17.4. The van der Waals surface area contributed by atoms with Crippen molar-refractivity contribution in [2.24, 2.45) is 0 Å². The molecule has 0 saturated carbocycles. The molecule has 0 spiro atoms. The van der Waals surface area contributed by atoms with Gasteiger partial charge in [0.15, 0.2) is 0 Å². The van der Waals surface area contributed by atoms with E-state index in [0.717, 1.165) is 6.92 Å². The van der Waals surface area contributed by atoms with Crippen LogP contribution in [0.1, 0.15) is 9.78 Å². The molecule has 0 aromatic carbocycles. The summed E-state index contributed by atoms with van der Waals surface area (Å²) < 4.78 is 0. The predicted molar refractivity (Wildman–Crippen MR) is 46.9 cm³/mol. The Balaban J connectivity index is -0.0000000315. The van der Waals surface area contributed by atoms with Crippen molar-refractivity contribution >= 4 is 29.0 Å². The van der Waals surface area contributed by atoms with E-state index in [4.69, 9.17) is 9.90 Å². The second kappa shape index (κ2) is 12.9. The van der Waals surface area contributed by atoms with Gasteiger partial charge in [-0.1, -0.05) is 0 Å². The number of hydrogen-bond donors (Lipinski definition) is 1. The van der Waals surface area contributed by atoms with Crippen LogP contribution in [0, 0.1) is 0 Å². The van der Waals surface area contributed by atoms with Crippen molar-refractivity contribution in [3.05, 3.63) is 24.8 Å². The van der Waals surface area contributed by atoms with E-state index in [1.165, 1.54) is 6.33 Å². The molecule has 0 bridgehead atoms.